The van der Waals surface area contributed by atoms with Gasteiger partial charge in [0, 0.05) is 29.2 Å². The topological polar surface area (TPSA) is 81.3 Å². The van der Waals surface area contributed by atoms with Crippen LogP contribution in [-0.2, 0) is 11.3 Å². The highest BCUT2D eigenvalue weighted by molar-refractivity contribution is 6.09. The molecule has 0 bridgehead atoms. The van der Waals surface area contributed by atoms with Crippen molar-refractivity contribution in [3.8, 4) is 11.8 Å². The maximum absolute atomic E-state index is 12.7. The number of hydrogen-bond donors (Lipinski definition) is 0. The van der Waals surface area contributed by atoms with Crippen LogP contribution in [0.5, 0.6) is 5.75 Å². The van der Waals surface area contributed by atoms with E-state index in [0.717, 1.165) is 16.5 Å². The van der Waals surface area contributed by atoms with E-state index < -0.39 is 5.97 Å². The first-order valence-electron chi connectivity index (χ1n) is 8.85. The average Bonchev–Trinajstić information content (AvgIpc) is 3.09. The molecule has 142 valence electrons. The van der Waals surface area contributed by atoms with Gasteiger partial charge in [0.2, 0.25) is 5.78 Å². The molecule has 2 aromatic carbocycles. The van der Waals surface area contributed by atoms with E-state index >= 15 is 0 Å². The van der Waals surface area contributed by atoms with Gasteiger partial charge in [0.1, 0.15) is 11.3 Å². The number of fused-ring (bicyclic) bond motifs is 1. The van der Waals surface area contributed by atoms with Crippen molar-refractivity contribution >= 4 is 22.7 Å². The second kappa shape index (κ2) is 8.40. The number of methoxy groups -OCH3 is 1. The maximum atomic E-state index is 12.7. The van der Waals surface area contributed by atoms with Crippen molar-refractivity contribution in [1.29, 1.82) is 5.26 Å². The minimum Gasteiger partial charge on any atom is -0.496 e. The summed E-state index contributed by atoms with van der Waals surface area (Å²) in [5.41, 5.74) is 2.51. The number of ether oxygens (including phenoxy) is 2. The fourth-order valence-electron chi connectivity index (χ4n) is 3.09. The van der Waals surface area contributed by atoms with Crippen LogP contribution in [0.1, 0.15) is 32.7 Å². The van der Waals surface area contributed by atoms with E-state index in [1.807, 2.05) is 41.8 Å². The fourth-order valence-corrected chi connectivity index (χ4v) is 3.09. The van der Waals surface area contributed by atoms with Gasteiger partial charge in [-0.2, -0.15) is 5.26 Å². The minimum absolute atomic E-state index is 0.284. The lowest BCUT2D eigenvalue weighted by atomic mass is 10.1. The summed E-state index contributed by atoms with van der Waals surface area (Å²) in [4.78, 5) is 25.1. The number of Topliss-reactive ketones (excluding diaryl/α,β-unsaturated/α-hetero) is 1. The van der Waals surface area contributed by atoms with Crippen molar-refractivity contribution in [1.82, 2.24) is 4.57 Å². The molecule has 0 radical (unpaired) electrons. The highest BCUT2D eigenvalue weighted by Crippen LogP contribution is 2.23. The van der Waals surface area contributed by atoms with Gasteiger partial charge in [0.25, 0.3) is 0 Å². The maximum Gasteiger partial charge on any atom is 0.342 e. The highest BCUT2D eigenvalue weighted by Gasteiger charge is 2.19. The van der Waals surface area contributed by atoms with Gasteiger partial charge in [-0.15, -0.1) is 0 Å². The molecule has 0 N–H and O–H groups in total. The number of aromatic nitrogens is 1. The molecule has 0 saturated heterocycles. The number of carbonyl (C=O) groups is 2. The number of benzene rings is 2. The molecule has 0 spiro atoms. The lowest BCUT2D eigenvalue weighted by Gasteiger charge is -2.09. The Labute approximate surface area is 162 Å². The van der Waals surface area contributed by atoms with Gasteiger partial charge in [-0.05, 0) is 25.1 Å². The molecular formula is C22H20N2O4. The summed E-state index contributed by atoms with van der Waals surface area (Å²) in [6.07, 6.45) is 2.06. The first kappa shape index (κ1) is 19.2. The molecule has 0 aliphatic heterocycles. The van der Waals surface area contributed by atoms with Crippen LogP contribution in [0.2, 0.25) is 0 Å². The van der Waals surface area contributed by atoms with E-state index in [9.17, 15) is 9.59 Å². The zero-order chi connectivity index (χ0) is 20.1. The third kappa shape index (κ3) is 3.89. The van der Waals surface area contributed by atoms with Gasteiger partial charge in [0.05, 0.1) is 19.6 Å². The number of aryl methyl sites for hydroxylation is 2. The molecule has 3 aromatic rings. The second-order valence-electron chi connectivity index (χ2n) is 6.36. The van der Waals surface area contributed by atoms with Crippen LogP contribution in [0.3, 0.4) is 0 Å². The molecule has 0 fully saturated rings. The van der Waals surface area contributed by atoms with Crippen molar-refractivity contribution in [3.05, 3.63) is 65.4 Å². The van der Waals surface area contributed by atoms with Gasteiger partial charge in [-0.3, -0.25) is 4.79 Å². The van der Waals surface area contributed by atoms with Crippen molar-refractivity contribution in [2.24, 2.45) is 0 Å². The van der Waals surface area contributed by atoms with Crippen molar-refractivity contribution < 1.29 is 19.1 Å². The number of nitriles is 1. The summed E-state index contributed by atoms with van der Waals surface area (Å²) in [5.74, 6) is -0.509. The smallest absolute Gasteiger partial charge is 0.342 e. The number of rotatable bonds is 7. The Hall–Kier alpha value is -3.59. The number of ketones is 1. The Balaban J connectivity index is 1.80. The van der Waals surface area contributed by atoms with E-state index in [-0.39, 0.29) is 18.0 Å². The molecule has 6 heteroatoms. The van der Waals surface area contributed by atoms with Crippen LogP contribution in [0.4, 0.5) is 0 Å². The number of para-hydroxylation sites is 1. The standard InChI is InChI=1S/C22H20N2O4/c1-15-8-9-21(27-2)17(12-15)22(26)28-14-20(25)18-13-24(11-5-10-23)19-7-4-3-6-16(18)19/h3-4,6-9,12-13H,5,11,14H2,1-2H3. The molecule has 0 atom stereocenters. The number of carbonyl (C=O) groups excluding carboxylic acids is 2. The summed E-state index contributed by atoms with van der Waals surface area (Å²) in [7, 11) is 1.47. The van der Waals surface area contributed by atoms with E-state index in [4.69, 9.17) is 14.7 Å². The highest BCUT2D eigenvalue weighted by atomic mass is 16.5. The second-order valence-corrected chi connectivity index (χ2v) is 6.36. The molecule has 1 aromatic heterocycles. The third-order valence-electron chi connectivity index (χ3n) is 4.46. The Morgan fingerprint density at radius 2 is 1.93 bits per heavy atom. The summed E-state index contributed by atoms with van der Waals surface area (Å²) in [6.45, 7) is 1.98. The quantitative estimate of drug-likeness (QED) is 0.461. The molecule has 28 heavy (non-hydrogen) atoms. The summed E-state index contributed by atoms with van der Waals surface area (Å²) in [5, 5.41) is 9.61. The molecular weight excluding hydrogens is 356 g/mol. The first-order valence-corrected chi connectivity index (χ1v) is 8.85. The molecule has 0 aliphatic carbocycles. The van der Waals surface area contributed by atoms with Gasteiger partial charge < -0.3 is 14.0 Å². The summed E-state index contributed by atoms with van der Waals surface area (Å²) in [6, 6.07) is 14.8. The zero-order valence-electron chi connectivity index (χ0n) is 15.8. The largest absolute Gasteiger partial charge is 0.496 e. The van der Waals surface area contributed by atoms with Crippen LogP contribution in [-0.4, -0.2) is 30.0 Å². The Morgan fingerprint density at radius 3 is 2.68 bits per heavy atom. The van der Waals surface area contributed by atoms with E-state index in [0.29, 0.717) is 24.3 Å². The Morgan fingerprint density at radius 1 is 1.14 bits per heavy atom. The molecule has 0 unspecified atom stereocenters. The SMILES string of the molecule is COc1ccc(C)cc1C(=O)OCC(=O)c1cn(CCC#N)c2ccccc12. The molecule has 1 heterocycles. The predicted molar refractivity (Wildman–Crippen MR) is 105 cm³/mol. The van der Waals surface area contributed by atoms with E-state index in [2.05, 4.69) is 6.07 Å². The summed E-state index contributed by atoms with van der Waals surface area (Å²) < 4.78 is 12.3. The molecule has 6 nitrogen and oxygen atoms in total. The van der Waals surface area contributed by atoms with Crippen LogP contribution in [0, 0.1) is 18.3 Å². The predicted octanol–water partition coefficient (Wildman–Crippen LogP) is 3.91. The van der Waals surface area contributed by atoms with Crippen LogP contribution in [0.15, 0.2) is 48.7 Å². The monoisotopic (exact) mass is 376 g/mol. The van der Waals surface area contributed by atoms with Gasteiger partial charge in [-0.1, -0.05) is 29.8 Å². The first-order chi connectivity index (χ1) is 13.5. The number of esters is 1. The minimum atomic E-state index is -0.609. The number of nitrogens with zero attached hydrogens (tertiary/aromatic N) is 2. The van der Waals surface area contributed by atoms with E-state index in [1.54, 1.807) is 18.3 Å². The van der Waals surface area contributed by atoms with Crippen molar-refractivity contribution in [2.45, 2.75) is 19.9 Å². The normalized spacial score (nSPS) is 10.5. The van der Waals surface area contributed by atoms with Gasteiger partial charge in [0.15, 0.2) is 6.61 Å². The lowest BCUT2D eigenvalue weighted by Crippen LogP contribution is -2.15. The van der Waals surface area contributed by atoms with Crippen LogP contribution in [0.25, 0.3) is 10.9 Å². The van der Waals surface area contributed by atoms with Gasteiger partial charge >= 0.3 is 5.97 Å². The third-order valence-corrected chi connectivity index (χ3v) is 4.46. The zero-order valence-corrected chi connectivity index (χ0v) is 15.8. The van der Waals surface area contributed by atoms with Gasteiger partial charge in [-0.25, -0.2) is 4.79 Å². The molecule has 0 aliphatic rings. The van der Waals surface area contributed by atoms with Crippen LogP contribution >= 0.6 is 0 Å². The van der Waals surface area contributed by atoms with Crippen molar-refractivity contribution in [3.63, 3.8) is 0 Å². The molecule has 3 rings (SSSR count). The van der Waals surface area contributed by atoms with Crippen molar-refractivity contribution in [2.75, 3.05) is 13.7 Å². The lowest BCUT2D eigenvalue weighted by molar-refractivity contribution is 0.0472. The Bertz CT molecular complexity index is 1080. The summed E-state index contributed by atoms with van der Waals surface area (Å²) >= 11 is 0. The molecule has 0 saturated carbocycles. The van der Waals surface area contributed by atoms with Crippen LogP contribution < -0.4 is 4.74 Å². The fraction of sp³-hybridized carbons (Fsp3) is 0.227. The Kier molecular flexibility index (Phi) is 5.75. The molecule has 0 amide bonds. The average molecular weight is 376 g/mol. The van der Waals surface area contributed by atoms with E-state index in [1.165, 1.54) is 7.11 Å². The number of hydrogen-bond acceptors (Lipinski definition) is 5.